The molecule has 1 aliphatic heterocycles. The Morgan fingerprint density at radius 3 is 2.15 bits per heavy atom. The first-order chi connectivity index (χ1) is 16.4. The van der Waals surface area contributed by atoms with Crippen molar-refractivity contribution in [2.45, 2.75) is 45.1 Å². The number of likely N-dealkylation sites (tertiary alicyclic amines) is 1. The lowest BCUT2D eigenvalue weighted by Crippen LogP contribution is -2.52. The molecule has 1 saturated heterocycles. The first-order valence-corrected chi connectivity index (χ1v) is 11.2. The zero-order valence-corrected chi connectivity index (χ0v) is 19.1. The van der Waals surface area contributed by atoms with Gasteiger partial charge in [-0.3, -0.25) is 9.59 Å². The van der Waals surface area contributed by atoms with Gasteiger partial charge in [0.15, 0.2) is 0 Å². The molecule has 2 aromatic rings. The summed E-state index contributed by atoms with van der Waals surface area (Å²) in [5.74, 6) is -1.38. The third-order valence-electron chi connectivity index (χ3n) is 5.41. The Labute approximate surface area is 198 Å². The molecule has 0 spiro atoms. The van der Waals surface area contributed by atoms with Crippen LogP contribution in [0.1, 0.15) is 30.9 Å². The summed E-state index contributed by atoms with van der Waals surface area (Å²) in [6.07, 6.45) is 0.406. The molecule has 0 saturated carbocycles. The number of hydrogen-bond donors (Lipinski definition) is 2. The number of carbonyl (C=O) groups is 4. The van der Waals surface area contributed by atoms with Crippen LogP contribution in [0.25, 0.3) is 0 Å². The van der Waals surface area contributed by atoms with Crippen molar-refractivity contribution < 1.29 is 28.7 Å². The van der Waals surface area contributed by atoms with E-state index < -0.39 is 36.0 Å². The van der Waals surface area contributed by atoms with Crippen LogP contribution < -0.4 is 10.6 Å². The summed E-state index contributed by atoms with van der Waals surface area (Å²) in [5, 5.41) is 5.05. The van der Waals surface area contributed by atoms with Gasteiger partial charge in [-0.05, 0) is 30.9 Å². The summed E-state index contributed by atoms with van der Waals surface area (Å²) in [6, 6.07) is 16.8. The minimum atomic E-state index is -0.861. The molecule has 9 heteroatoms. The predicted octanol–water partition coefficient (Wildman–Crippen LogP) is 2.15. The minimum Gasteiger partial charge on any atom is -0.459 e. The van der Waals surface area contributed by atoms with Gasteiger partial charge < -0.3 is 25.0 Å². The Kier molecular flexibility index (Phi) is 9.02. The number of amides is 3. The maximum absolute atomic E-state index is 12.7. The van der Waals surface area contributed by atoms with Crippen LogP contribution in [0.2, 0.25) is 0 Å². The van der Waals surface area contributed by atoms with Crippen molar-refractivity contribution in [1.82, 2.24) is 15.5 Å². The normalized spacial score (nSPS) is 15.8. The average Bonchev–Trinajstić information content (AvgIpc) is 3.36. The number of nitrogens with one attached hydrogen (secondary N) is 2. The van der Waals surface area contributed by atoms with E-state index in [4.69, 9.17) is 9.47 Å². The fourth-order valence-corrected chi connectivity index (χ4v) is 3.58. The Morgan fingerprint density at radius 2 is 1.53 bits per heavy atom. The molecule has 180 valence electrons. The quantitative estimate of drug-likeness (QED) is 0.547. The van der Waals surface area contributed by atoms with Gasteiger partial charge in [0.2, 0.25) is 11.8 Å². The van der Waals surface area contributed by atoms with Crippen LogP contribution in [0, 0.1) is 0 Å². The third kappa shape index (κ3) is 7.33. The molecule has 0 bridgehead atoms. The molecule has 0 radical (unpaired) electrons. The van der Waals surface area contributed by atoms with Gasteiger partial charge in [-0.2, -0.15) is 0 Å². The number of rotatable bonds is 9. The van der Waals surface area contributed by atoms with E-state index in [9.17, 15) is 19.2 Å². The van der Waals surface area contributed by atoms with E-state index in [1.54, 1.807) is 0 Å². The molecule has 3 amide bonds. The van der Waals surface area contributed by atoms with Gasteiger partial charge in [-0.1, -0.05) is 60.7 Å². The lowest BCUT2D eigenvalue weighted by molar-refractivity contribution is -0.149. The van der Waals surface area contributed by atoms with Crippen molar-refractivity contribution in [3.8, 4) is 0 Å². The molecular formula is C25H29N3O6. The lowest BCUT2D eigenvalue weighted by atomic mass is 10.2. The smallest absolute Gasteiger partial charge is 0.407 e. The van der Waals surface area contributed by atoms with Gasteiger partial charge in [0, 0.05) is 6.54 Å². The second kappa shape index (κ2) is 12.4. The summed E-state index contributed by atoms with van der Waals surface area (Å²) in [4.78, 5) is 50.9. The van der Waals surface area contributed by atoms with Crippen LogP contribution in [-0.2, 0) is 37.1 Å². The number of nitrogens with zero attached hydrogens (tertiary/aromatic N) is 1. The highest BCUT2D eigenvalue weighted by Crippen LogP contribution is 2.17. The minimum absolute atomic E-state index is 0.0911. The van der Waals surface area contributed by atoms with Gasteiger partial charge >= 0.3 is 12.1 Å². The molecule has 9 nitrogen and oxygen atoms in total. The standard InChI is InChI=1S/C25H29N3O6/c1-18(24(31)33-16-19-9-4-2-5-10-19)27-23(30)21-13-8-14-28(21)22(29)15-26-25(32)34-17-20-11-6-3-7-12-20/h2-7,9-12,18,21H,8,13-17H2,1H3,(H,26,32)(H,27,30)/t18-,21+/m1/s1. The van der Waals surface area contributed by atoms with E-state index >= 15 is 0 Å². The van der Waals surface area contributed by atoms with Crippen LogP contribution in [0.15, 0.2) is 60.7 Å². The molecule has 2 atom stereocenters. The molecule has 0 aromatic heterocycles. The topological polar surface area (TPSA) is 114 Å². The van der Waals surface area contributed by atoms with E-state index in [0.717, 1.165) is 11.1 Å². The monoisotopic (exact) mass is 467 g/mol. The first kappa shape index (κ1) is 24.8. The molecule has 2 N–H and O–H groups in total. The highest BCUT2D eigenvalue weighted by Gasteiger charge is 2.35. The zero-order valence-electron chi connectivity index (χ0n) is 19.1. The first-order valence-electron chi connectivity index (χ1n) is 11.2. The molecule has 0 aliphatic carbocycles. The van der Waals surface area contributed by atoms with E-state index in [1.165, 1.54) is 11.8 Å². The number of hydrogen-bond acceptors (Lipinski definition) is 6. The molecule has 3 rings (SSSR count). The zero-order chi connectivity index (χ0) is 24.3. The van der Waals surface area contributed by atoms with Gasteiger partial charge in [-0.15, -0.1) is 0 Å². The van der Waals surface area contributed by atoms with E-state index in [-0.39, 0.29) is 19.8 Å². The molecular weight excluding hydrogens is 438 g/mol. The largest absolute Gasteiger partial charge is 0.459 e. The van der Waals surface area contributed by atoms with Crippen LogP contribution in [0.5, 0.6) is 0 Å². The fourth-order valence-electron chi connectivity index (χ4n) is 3.58. The van der Waals surface area contributed by atoms with Crippen LogP contribution >= 0.6 is 0 Å². The Hall–Kier alpha value is -3.88. The maximum atomic E-state index is 12.7. The second-order valence-corrected chi connectivity index (χ2v) is 7.98. The number of benzene rings is 2. The van der Waals surface area contributed by atoms with Crippen LogP contribution in [0.4, 0.5) is 4.79 Å². The van der Waals surface area contributed by atoms with Crippen molar-refractivity contribution in [2.24, 2.45) is 0 Å². The highest BCUT2D eigenvalue weighted by molar-refractivity contribution is 5.92. The van der Waals surface area contributed by atoms with Crippen molar-refractivity contribution in [2.75, 3.05) is 13.1 Å². The number of alkyl carbamates (subject to hydrolysis) is 1. The number of carbonyl (C=O) groups excluding carboxylic acids is 4. The van der Waals surface area contributed by atoms with Gasteiger partial charge in [0.1, 0.15) is 31.8 Å². The summed E-state index contributed by atoms with van der Waals surface area (Å²) in [7, 11) is 0. The van der Waals surface area contributed by atoms with Crippen LogP contribution in [-0.4, -0.2) is 54.0 Å². The summed E-state index contributed by atoms with van der Waals surface area (Å²) >= 11 is 0. The SMILES string of the molecule is C[C@@H](NC(=O)[C@@H]1CCCN1C(=O)CNC(=O)OCc1ccccc1)C(=O)OCc1ccccc1. The average molecular weight is 468 g/mol. The Morgan fingerprint density at radius 1 is 0.941 bits per heavy atom. The van der Waals surface area contributed by atoms with E-state index in [2.05, 4.69) is 10.6 Å². The number of esters is 1. The van der Waals surface area contributed by atoms with E-state index in [0.29, 0.717) is 19.4 Å². The third-order valence-corrected chi connectivity index (χ3v) is 5.41. The van der Waals surface area contributed by atoms with Crippen molar-refractivity contribution in [1.29, 1.82) is 0 Å². The van der Waals surface area contributed by atoms with Gasteiger partial charge in [-0.25, -0.2) is 9.59 Å². The molecule has 0 unspecified atom stereocenters. The van der Waals surface area contributed by atoms with Crippen molar-refractivity contribution >= 4 is 23.9 Å². The maximum Gasteiger partial charge on any atom is 0.407 e. The molecule has 1 fully saturated rings. The Balaban J connectivity index is 1.42. The van der Waals surface area contributed by atoms with Crippen molar-refractivity contribution in [3.63, 3.8) is 0 Å². The Bertz CT molecular complexity index is 983. The van der Waals surface area contributed by atoms with Crippen molar-refractivity contribution in [3.05, 3.63) is 71.8 Å². The summed E-state index contributed by atoms with van der Waals surface area (Å²) in [6.45, 7) is 1.85. The summed E-state index contributed by atoms with van der Waals surface area (Å²) in [5.41, 5.74) is 1.67. The molecule has 34 heavy (non-hydrogen) atoms. The lowest BCUT2D eigenvalue weighted by Gasteiger charge is -2.25. The fraction of sp³-hybridized carbons (Fsp3) is 0.360. The number of ether oxygens (including phenoxy) is 2. The second-order valence-electron chi connectivity index (χ2n) is 7.98. The van der Waals surface area contributed by atoms with Gasteiger partial charge in [0.05, 0.1) is 0 Å². The van der Waals surface area contributed by atoms with Crippen LogP contribution in [0.3, 0.4) is 0 Å². The summed E-state index contributed by atoms with van der Waals surface area (Å²) < 4.78 is 10.3. The van der Waals surface area contributed by atoms with Gasteiger partial charge in [0.25, 0.3) is 0 Å². The van der Waals surface area contributed by atoms with E-state index in [1.807, 2.05) is 60.7 Å². The molecule has 1 aliphatic rings. The molecule has 1 heterocycles. The highest BCUT2D eigenvalue weighted by atomic mass is 16.5. The molecule has 2 aromatic carbocycles. The predicted molar refractivity (Wildman–Crippen MR) is 123 cm³/mol.